The first-order valence-electron chi connectivity index (χ1n) is 4.95. The first kappa shape index (κ1) is 14.7. The third kappa shape index (κ3) is 4.41. The summed E-state index contributed by atoms with van der Waals surface area (Å²) in [6.45, 7) is 0. The Balaban J connectivity index is 2.87. The molecule has 0 aromatic heterocycles. The Morgan fingerprint density at radius 2 is 2.21 bits per heavy atom. The number of anilines is 1. The summed E-state index contributed by atoms with van der Waals surface area (Å²) in [6, 6.07) is 3.92. The molecule has 0 saturated heterocycles. The van der Waals surface area contributed by atoms with Gasteiger partial charge in [0, 0.05) is 11.1 Å². The number of nitrogens with zero attached hydrogens (tertiary/aromatic N) is 2. The van der Waals surface area contributed by atoms with Crippen LogP contribution in [0.25, 0.3) is 0 Å². The smallest absolute Gasteiger partial charge is 0.294 e. The molecule has 10 heteroatoms. The monoisotopic (exact) mass is 286 g/mol. The predicted molar refractivity (Wildman–Crippen MR) is 70.3 cm³/mol. The molecule has 0 bridgehead atoms. The van der Waals surface area contributed by atoms with E-state index in [9.17, 15) is 14.9 Å². The number of halogens is 1. The van der Waals surface area contributed by atoms with E-state index in [1.807, 2.05) is 5.43 Å². The van der Waals surface area contributed by atoms with Gasteiger partial charge < -0.3 is 5.73 Å². The van der Waals surface area contributed by atoms with Gasteiger partial charge in [-0.2, -0.15) is 5.10 Å². The minimum absolute atomic E-state index is 0.0635. The first-order valence-corrected chi connectivity index (χ1v) is 5.33. The number of nitrogens with one attached hydrogen (secondary N) is 2. The lowest BCUT2D eigenvalue weighted by Crippen LogP contribution is -2.33. The van der Waals surface area contributed by atoms with Crippen LogP contribution in [0.5, 0.6) is 0 Å². The molecule has 0 aliphatic rings. The molecule has 6 N–H and O–H groups in total. The summed E-state index contributed by atoms with van der Waals surface area (Å²) in [4.78, 5) is 21.1. The van der Waals surface area contributed by atoms with Gasteiger partial charge in [-0.1, -0.05) is 11.6 Å². The zero-order valence-corrected chi connectivity index (χ0v) is 10.3. The number of benzene rings is 1. The first-order chi connectivity index (χ1) is 8.93. The van der Waals surface area contributed by atoms with E-state index in [1.165, 1.54) is 18.2 Å². The number of hydrazone groups is 1. The Morgan fingerprint density at radius 3 is 2.79 bits per heavy atom. The van der Waals surface area contributed by atoms with E-state index >= 15 is 0 Å². The van der Waals surface area contributed by atoms with Gasteiger partial charge >= 0.3 is 0 Å². The molecule has 0 aliphatic heterocycles. The molecule has 0 unspecified atom stereocenters. The van der Waals surface area contributed by atoms with Gasteiger partial charge in [-0.15, -0.1) is 0 Å². The van der Waals surface area contributed by atoms with Crippen LogP contribution in [0.2, 0.25) is 5.02 Å². The topological polar surface area (TPSA) is 149 Å². The fraction of sp³-hybridized carbons (Fsp3) is 0.111. The summed E-state index contributed by atoms with van der Waals surface area (Å²) in [5.74, 6) is 4.25. The molecule has 1 amide bonds. The van der Waals surface area contributed by atoms with E-state index < -0.39 is 10.8 Å². The van der Waals surface area contributed by atoms with E-state index in [1.54, 1.807) is 0 Å². The molecule has 0 spiro atoms. The van der Waals surface area contributed by atoms with Crippen molar-refractivity contribution in [2.24, 2.45) is 16.7 Å². The highest BCUT2D eigenvalue weighted by Crippen LogP contribution is 2.27. The number of hydrogen-bond acceptors (Lipinski definition) is 6. The second-order valence-electron chi connectivity index (χ2n) is 3.38. The van der Waals surface area contributed by atoms with Crippen LogP contribution >= 0.6 is 11.6 Å². The third-order valence-electron chi connectivity index (χ3n) is 1.98. The maximum Gasteiger partial charge on any atom is 0.294 e. The molecular weight excluding hydrogens is 276 g/mol. The highest BCUT2D eigenvalue weighted by Gasteiger charge is 2.13. The Labute approximate surface area is 112 Å². The number of nitro benzene ring substituents is 1. The lowest BCUT2D eigenvalue weighted by Gasteiger charge is -2.04. The molecular formula is C9H11ClN6O3. The maximum absolute atomic E-state index is 10.9. The number of hydrazine groups is 1. The second-order valence-corrected chi connectivity index (χ2v) is 3.81. The molecule has 102 valence electrons. The minimum atomic E-state index is -0.600. The molecule has 19 heavy (non-hydrogen) atoms. The summed E-state index contributed by atoms with van der Waals surface area (Å²) in [7, 11) is 0. The lowest BCUT2D eigenvalue weighted by molar-refractivity contribution is -0.384. The number of carbonyl (C=O) groups excluding carboxylic acids is 1. The average molecular weight is 287 g/mol. The Morgan fingerprint density at radius 1 is 1.53 bits per heavy atom. The fourth-order valence-corrected chi connectivity index (χ4v) is 1.32. The van der Waals surface area contributed by atoms with Crippen LogP contribution in [0.15, 0.2) is 23.3 Å². The molecule has 0 saturated carbocycles. The molecule has 9 nitrogen and oxygen atoms in total. The highest BCUT2D eigenvalue weighted by atomic mass is 35.5. The van der Waals surface area contributed by atoms with Gasteiger partial charge in [0.15, 0.2) is 0 Å². The number of nitrogens with two attached hydrogens (primary N) is 2. The van der Waals surface area contributed by atoms with Crippen molar-refractivity contribution in [1.29, 1.82) is 0 Å². The van der Waals surface area contributed by atoms with Gasteiger partial charge in [0.2, 0.25) is 5.91 Å². The Kier molecular flexibility index (Phi) is 5.03. The van der Waals surface area contributed by atoms with Crippen LogP contribution in [0, 0.1) is 10.1 Å². The Hall–Kier alpha value is -2.39. The van der Waals surface area contributed by atoms with E-state index in [4.69, 9.17) is 23.2 Å². The second kappa shape index (κ2) is 6.52. The normalized spacial score (nSPS) is 10.9. The Bertz CT molecular complexity index is 533. The van der Waals surface area contributed by atoms with E-state index in [2.05, 4.69) is 10.5 Å². The zero-order chi connectivity index (χ0) is 14.4. The molecule has 0 radical (unpaired) electrons. The van der Waals surface area contributed by atoms with Crippen molar-refractivity contribution in [3.8, 4) is 0 Å². The van der Waals surface area contributed by atoms with Crippen molar-refractivity contribution in [3.63, 3.8) is 0 Å². The van der Waals surface area contributed by atoms with Crippen LogP contribution in [-0.4, -0.2) is 16.7 Å². The van der Waals surface area contributed by atoms with Crippen molar-refractivity contribution in [1.82, 2.24) is 5.43 Å². The summed E-state index contributed by atoms with van der Waals surface area (Å²) >= 11 is 5.72. The summed E-state index contributed by atoms with van der Waals surface area (Å²) in [5.41, 5.74) is 9.53. The van der Waals surface area contributed by atoms with Crippen LogP contribution < -0.4 is 22.4 Å². The molecule has 0 heterocycles. The fourth-order valence-electron chi connectivity index (χ4n) is 1.14. The molecule has 0 fully saturated rings. The predicted octanol–water partition coefficient (Wildman–Crippen LogP) is 0.312. The SMILES string of the molecule is NNC(=O)C/C(N)=N\Nc1cc(Cl)ccc1[N+](=O)[O-]. The van der Waals surface area contributed by atoms with Crippen LogP contribution in [-0.2, 0) is 4.79 Å². The molecule has 1 rings (SSSR count). The van der Waals surface area contributed by atoms with Gasteiger partial charge in [-0.05, 0) is 12.1 Å². The van der Waals surface area contributed by atoms with Crippen LogP contribution in [0.1, 0.15) is 6.42 Å². The number of nitro groups is 1. The molecule has 0 atom stereocenters. The van der Waals surface area contributed by atoms with Crippen LogP contribution in [0.4, 0.5) is 11.4 Å². The number of amidine groups is 1. The van der Waals surface area contributed by atoms with Crippen molar-refractivity contribution in [2.45, 2.75) is 6.42 Å². The van der Waals surface area contributed by atoms with Crippen molar-refractivity contribution in [3.05, 3.63) is 33.3 Å². The van der Waals surface area contributed by atoms with Crippen molar-refractivity contribution < 1.29 is 9.72 Å². The van der Waals surface area contributed by atoms with Gasteiger partial charge in [0.25, 0.3) is 5.69 Å². The molecule has 0 aliphatic carbocycles. The van der Waals surface area contributed by atoms with Crippen molar-refractivity contribution >= 4 is 34.7 Å². The number of hydrogen-bond donors (Lipinski definition) is 4. The lowest BCUT2D eigenvalue weighted by atomic mass is 10.3. The quantitative estimate of drug-likeness (QED) is 0.153. The minimum Gasteiger partial charge on any atom is -0.385 e. The van der Waals surface area contributed by atoms with Gasteiger partial charge in [0.1, 0.15) is 11.5 Å². The zero-order valence-electron chi connectivity index (χ0n) is 9.59. The van der Waals surface area contributed by atoms with Crippen LogP contribution in [0.3, 0.4) is 0 Å². The third-order valence-corrected chi connectivity index (χ3v) is 2.21. The molecule has 1 aromatic carbocycles. The largest absolute Gasteiger partial charge is 0.385 e. The number of amides is 1. The van der Waals surface area contributed by atoms with Crippen molar-refractivity contribution in [2.75, 3.05) is 5.43 Å². The van der Waals surface area contributed by atoms with E-state index in [-0.39, 0.29) is 23.6 Å². The average Bonchev–Trinajstić information content (AvgIpc) is 2.35. The van der Waals surface area contributed by atoms with E-state index in [0.29, 0.717) is 5.02 Å². The number of carbonyl (C=O) groups is 1. The summed E-state index contributed by atoms with van der Waals surface area (Å²) in [6.07, 6.45) is -0.238. The van der Waals surface area contributed by atoms with E-state index in [0.717, 1.165) is 0 Å². The summed E-state index contributed by atoms with van der Waals surface area (Å²) < 4.78 is 0. The van der Waals surface area contributed by atoms with Gasteiger partial charge in [-0.3, -0.25) is 25.8 Å². The summed E-state index contributed by atoms with van der Waals surface area (Å²) in [5, 5.41) is 14.7. The number of rotatable bonds is 5. The van der Waals surface area contributed by atoms with Gasteiger partial charge in [0.05, 0.1) is 11.3 Å². The maximum atomic E-state index is 10.9. The highest BCUT2D eigenvalue weighted by molar-refractivity contribution is 6.31. The standard InChI is InChI=1S/C9H11ClN6O3/c10-5-1-2-7(16(18)19)6(3-5)14-15-8(11)4-9(17)13-12/h1-3,14H,4,12H2,(H2,11,15)(H,13,17). The molecule has 1 aromatic rings. The van der Waals surface area contributed by atoms with Gasteiger partial charge in [-0.25, -0.2) is 5.84 Å².